The van der Waals surface area contributed by atoms with E-state index in [1.165, 1.54) is 20.8 Å². The third kappa shape index (κ3) is 7.53. The summed E-state index contributed by atoms with van der Waals surface area (Å²) in [5.41, 5.74) is 22.8. The molecule has 0 aliphatic heterocycles. The number of hydroxylamine groups is 2. The van der Waals surface area contributed by atoms with Gasteiger partial charge >= 0.3 is 17.9 Å². The lowest BCUT2D eigenvalue weighted by Gasteiger charge is -2.25. The molecular formula is C56H50N6O6. The van der Waals surface area contributed by atoms with E-state index in [0.29, 0.717) is 18.8 Å². The fourth-order valence-electron chi connectivity index (χ4n) is 10.2. The molecular weight excluding hydrogens is 853 g/mol. The minimum atomic E-state index is -0.688. The molecule has 0 aromatic heterocycles. The number of hydrogen-bond donors (Lipinski definition) is 2. The first-order chi connectivity index (χ1) is 33.1. The minimum Gasteiger partial charge on any atom is -0.370 e. The Morgan fingerprint density at radius 3 is 1.43 bits per heavy atom. The molecule has 0 saturated carbocycles. The quantitative estimate of drug-likeness (QED) is 0.0848. The summed E-state index contributed by atoms with van der Waals surface area (Å²) in [7, 11) is 2.02. The van der Waals surface area contributed by atoms with Crippen LogP contribution in [0.25, 0.3) is 33.4 Å². The van der Waals surface area contributed by atoms with E-state index in [1.807, 2.05) is 61.6 Å². The van der Waals surface area contributed by atoms with Gasteiger partial charge in [0.2, 0.25) is 0 Å². The van der Waals surface area contributed by atoms with Crippen LogP contribution in [-0.2, 0) is 28.9 Å². The summed E-state index contributed by atoms with van der Waals surface area (Å²) < 4.78 is 0. The molecule has 340 valence electrons. The van der Waals surface area contributed by atoms with E-state index in [9.17, 15) is 14.4 Å². The van der Waals surface area contributed by atoms with Crippen molar-refractivity contribution in [3.05, 3.63) is 179 Å². The maximum Gasteiger partial charge on any atom is 0.332 e. The van der Waals surface area contributed by atoms with Crippen molar-refractivity contribution < 1.29 is 28.9 Å². The van der Waals surface area contributed by atoms with Crippen molar-refractivity contribution in [2.45, 2.75) is 46.7 Å². The van der Waals surface area contributed by atoms with E-state index in [4.69, 9.17) is 19.7 Å². The van der Waals surface area contributed by atoms with Crippen LogP contribution < -0.4 is 25.7 Å². The van der Waals surface area contributed by atoms with Gasteiger partial charge in [0.25, 0.3) is 0 Å². The van der Waals surface area contributed by atoms with Crippen LogP contribution >= 0.6 is 0 Å². The Kier molecular flexibility index (Phi) is 11.6. The molecule has 68 heavy (non-hydrogen) atoms. The summed E-state index contributed by atoms with van der Waals surface area (Å²) in [5, 5.41) is 4.72. The Balaban J connectivity index is 1.29. The molecule has 7 aromatic carbocycles. The first kappa shape index (κ1) is 43.8. The fraction of sp³-hybridized carbons (Fsp3) is 0.179. The van der Waals surface area contributed by atoms with Gasteiger partial charge in [-0.1, -0.05) is 78.0 Å². The van der Waals surface area contributed by atoms with Crippen LogP contribution in [0.2, 0.25) is 0 Å². The maximum atomic E-state index is 12.8. The summed E-state index contributed by atoms with van der Waals surface area (Å²) in [5.74, 6) is -1.59. The van der Waals surface area contributed by atoms with Crippen molar-refractivity contribution in [2.24, 2.45) is 5.16 Å². The molecule has 0 bridgehead atoms. The molecule has 0 amide bonds. The lowest BCUT2D eigenvalue weighted by molar-refractivity contribution is -0.150. The Bertz CT molecular complexity index is 3160. The smallest absolute Gasteiger partial charge is 0.332 e. The predicted molar refractivity (Wildman–Crippen MR) is 266 cm³/mol. The second kappa shape index (κ2) is 18.0. The standard InChI is InChI=1S/C56H50N6O6/c1-7-61(37-20-14-10-15-21-37)40-25-28-43-46(31-40)56(59-68-35(5)65)53-49(43)51-48(42-27-24-39(60(6)36-18-12-9-13-19-36)30-45(42)54(51)57-66-33(3)63)52-50(53)44-29-26-41(32-47(44)55(52)58-67-34(4)64)62(8-2)38-22-16-11-17-23-38/h9-32,54,56-57,59H,7-8H2,1-6H3/b58-55+. The van der Waals surface area contributed by atoms with E-state index < -0.39 is 30.0 Å². The summed E-state index contributed by atoms with van der Waals surface area (Å²) in [6.07, 6.45) is 0. The molecule has 2 N–H and O–H groups in total. The van der Waals surface area contributed by atoms with E-state index in [2.05, 4.69) is 131 Å². The van der Waals surface area contributed by atoms with Gasteiger partial charge in [0.15, 0.2) is 0 Å². The van der Waals surface area contributed by atoms with Crippen LogP contribution in [0.15, 0.2) is 151 Å². The number of fused-ring (bicyclic) bond motifs is 12. The van der Waals surface area contributed by atoms with Crippen molar-refractivity contribution in [1.29, 1.82) is 0 Å². The van der Waals surface area contributed by atoms with E-state index in [0.717, 1.165) is 101 Å². The third-order valence-electron chi connectivity index (χ3n) is 13.0. The van der Waals surface area contributed by atoms with Crippen molar-refractivity contribution in [3.63, 3.8) is 0 Å². The number of benzene rings is 7. The molecule has 10 rings (SSSR count). The second-order valence-electron chi connectivity index (χ2n) is 17.0. The molecule has 3 aliphatic rings. The highest BCUT2D eigenvalue weighted by Gasteiger charge is 2.47. The van der Waals surface area contributed by atoms with Gasteiger partial charge in [0.1, 0.15) is 5.71 Å². The lowest BCUT2D eigenvalue weighted by atomic mass is 9.84. The second-order valence-corrected chi connectivity index (χ2v) is 17.0. The molecule has 0 radical (unpaired) electrons. The van der Waals surface area contributed by atoms with Gasteiger partial charge < -0.3 is 29.2 Å². The zero-order valence-electron chi connectivity index (χ0n) is 38.7. The SMILES string of the molecule is CCN(c1ccccc1)c1ccc2c(c1)/C(=N\OC(C)=O)c1c-2c2c(c3c1-c1ccc(N(C)c4ccccc4)cc1C3NOC(C)=O)-c1ccc(N(CC)c3ccccc3)cc1C2NOC(C)=O. The monoisotopic (exact) mass is 902 g/mol. The Morgan fingerprint density at radius 2 is 0.926 bits per heavy atom. The number of hydrogen-bond acceptors (Lipinski definition) is 12. The summed E-state index contributed by atoms with van der Waals surface area (Å²) >= 11 is 0. The van der Waals surface area contributed by atoms with Crippen LogP contribution in [0.3, 0.4) is 0 Å². The topological polar surface area (TPSA) is 125 Å². The molecule has 0 spiro atoms. The van der Waals surface area contributed by atoms with Gasteiger partial charge in [0, 0.05) is 86.2 Å². The van der Waals surface area contributed by atoms with Crippen LogP contribution in [0.1, 0.15) is 80.1 Å². The van der Waals surface area contributed by atoms with Crippen LogP contribution in [0.5, 0.6) is 0 Å². The van der Waals surface area contributed by atoms with Crippen molar-refractivity contribution >= 4 is 57.7 Å². The summed E-state index contributed by atoms with van der Waals surface area (Å²) in [6.45, 7) is 9.65. The lowest BCUT2D eigenvalue weighted by Crippen LogP contribution is -2.26. The number of rotatable bonds is 13. The highest BCUT2D eigenvalue weighted by atomic mass is 16.7. The molecule has 7 aromatic rings. The zero-order chi connectivity index (χ0) is 47.2. The number of nitrogens with zero attached hydrogens (tertiary/aromatic N) is 4. The number of oxime groups is 1. The normalized spacial score (nSPS) is 15.1. The first-order valence-corrected chi connectivity index (χ1v) is 22.8. The average molecular weight is 903 g/mol. The van der Waals surface area contributed by atoms with Gasteiger partial charge in [-0.15, -0.1) is 11.0 Å². The van der Waals surface area contributed by atoms with Crippen LogP contribution in [0, 0.1) is 0 Å². The molecule has 0 fully saturated rings. The van der Waals surface area contributed by atoms with Gasteiger partial charge in [0.05, 0.1) is 12.1 Å². The molecule has 2 atom stereocenters. The molecule has 3 aliphatic carbocycles. The average Bonchev–Trinajstić information content (AvgIpc) is 3.97. The number of anilines is 6. The van der Waals surface area contributed by atoms with Crippen molar-refractivity contribution in [1.82, 2.24) is 11.0 Å². The van der Waals surface area contributed by atoms with Crippen LogP contribution in [-0.4, -0.2) is 43.8 Å². The van der Waals surface area contributed by atoms with Gasteiger partial charge in [-0.3, -0.25) is 9.59 Å². The molecule has 12 heteroatoms. The number of carbonyl (C=O) groups is 3. The highest BCUT2D eigenvalue weighted by molar-refractivity contribution is 6.30. The zero-order valence-corrected chi connectivity index (χ0v) is 38.7. The highest BCUT2D eigenvalue weighted by Crippen LogP contribution is 2.62. The Morgan fingerprint density at radius 1 is 0.485 bits per heavy atom. The summed E-state index contributed by atoms with van der Waals surface area (Å²) in [6, 6.07) is 48.1. The molecule has 2 unspecified atom stereocenters. The number of nitrogens with one attached hydrogen (secondary N) is 2. The summed E-state index contributed by atoms with van der Waals surface area (Å²) in [4.78, 5) is 62.1. The molecule has 12 nitrogen and oxygen atoms in total. The van der Waals surface area contributed by atoms with Crippen molar-refractivity contribution in [2.75, 3.05) is 34.8 Å². The molecule has 0 heterocycles. The van der Waals surface area contributed by atoms with Crippen molar-refractivity contribution in [3.8, 4) is 33.4 Å². The predicted octanol–water partition coefficient (Wildman–Crippen LogP) is 11.3. The Labute approximate surface area is 395 Å². The number of para-hydroxylation sites is 3. The van der Waals surface area contributed by atoms with Gasteiger partial charge in [-0.05, 0) is 142 Å². The largest absolute Gasteiger partial charge is 0.370 e. The van der Waals surface area contributed by atoms with E-state index in [1.54, 1.807) is 0 Å². The molecule has 0 saturated heterocycles. The van der Waals surface area contributed by atoms with E-state index in [-0.39, 0.29) is 0 Å². The minimum absolute atomic E-state index is 0.462. The fourth-order valence-corrected chi connectivity index (χ4v) is 10.2. The van der Waals surface area contributed by atoms with Gasteiger partial charge in [-0.25, -0.2) is 4.79 Å². The first-order valence-electron chi connectivity index (χ1n) is 22.8. The van der Waals surface area contributed by atoms with E-state index >= 15 is 0 Å². The van der Waals surface area contributed by atoms with Crippen LogP contribution in [0.4, 0.5) is 34.1 Å². The van der Waals surface area contributed by atoms with Gasteiger partial charge in [-0.2, -0.15) is 0 Å². The number of carbonyl (C=O) groups excluding carboxylic acids is 3. The Hall–Kier alpha value is -8.06. The maximum absolute atomic E-state index is 12.8. The third-order valence-corrected chi connectivity index (χ3v) is 13.0.